The minimum absolute atomic E-state index is 0.0555. The van der Waals surface area contributed by atoms with Crippen molar-refractivity contribution in [3.63, 3.8) is 0 Å². The lowest BCUT2D eigenvalue weighted by Crippen LogP contribution is -2.37. The second kappa shape index (κ2) is 15.6. The van der Waals surface area contributed by atoms with E-state index < -0.39 is 101 Å². The monoisotopic (exact) mass is 757 g/mol. The van der Waals surface area contributed by atoms with E-state index >= 15 is 8.78 Å². The molecule has 7 nitrogen and oxygen atoms in total. The number of nitrogens with zero attached hydrogens (tertiary/aromatic N) is 2. The van der Waals surface area contributed by atoms with Crippen LogP contribution in [0.1, 0.15) is 103 Å². The van der Waals surface area contributed by atoms with Crippen molar-refractivity contribution in [2.75, 3.05) is 14.1 Å². The number of likely N-dealkylation sites (N-methyl/N-ethyl adjacent to an activating group) is 1. The van der Waals surface area contributed by atoms with Gasteiger partial charge in [-0.05, 0) is 99.8 Å². The maximum absolute atomic E-state index is 16.5. The van der Waals surface area contributed by atoms with Crippen LogP contribution >= 0.6 is 0 Å². The fraction of sp³-hybridized carbons (Fsp3) is 0.500. The number of carbonyl (C=O) groups is 2. The number of aryl methyl sites for hydroxylation is 2. The number of nitrogens with one attached hydrogen (secondary N) is 1. The third-order valence-electron chi connectivity index (χ3n) is 9.86. The lowest BCUT2D eigenvalue weighted by molar-refractivity contribution is -0.140. The quantitative estimate of drug-likeness (QED) is 0.170. The first-order valence-corrected chi connectivity index (χ1v) is 17.1. The summed E-state index contributed by atoms with van der Waals surface area (Å²) in [6, 6.07) is 0.494. The predicted octanol–water partition coefficient (Wildman–Crippen LogP) is 8.74. The number of carbonyl (C=O) groups excluding carboxylic acids is 1. The number of carboxylic acids is 1. The zero-order valence-electron chi connectivity index (χ0n) is 30.4. The Morgan fingerprint density at radius 2 is 1.47 bits per heavy atom. The first-order valence-electron chi connectivity index (χ1n) is 17.1. The number of halogens is 8. The first-order chi connectivity index (χ1) is 24.4. The zero-order chi connectivity index (χ0) is 39.9. The van der Waals surface area contributed by atoms with Gasteiger partial charge in [0.1, 0.15) is 11.6 Å². The van der Waals surface area contributed by atoms with E-state index in [-0.39, 0.29) is 23.5 Å². The molecule has 15 heteroatoms. The Balaban J connectivity index is 1.81. The van der Waals surface area contributed by atoms with E-state index in [2.05, 4.69) is 5.32 Å². The van der Waals surface area contributed by atoms with Crippen molar-refractivity contribution in [3.05, 3.63) is 91.4 Å². The summed E-state index contributed by atoms with van der Waals surface area (Å²) in [5, 5.41) is 11.9. The van der Waals surface area contributed by atoms with Crippen LogP contribution in [-0.2, 0) is 28.4 Å². The van der Waals surface area contributed by atoms with Gasteiger partial charge in [0.25, 0.3) is 5.56 Å². The van der Waals surface area contributed by atoms with E-state index in [0.717, 1.165) is 29.2 Å². The van der Waals surface area contributed by atoms with Gasteiger partial charge in [0, 0.05) is 41.9 Å². The van der Waals surface area contributed by atoms with Crippen LogP contribution in [0.4, 0.5) is 35.1 Å². The number of alkyl halides is 6. The second-order valence-corrected chi connectivity index (χ2v) is 14.5. The predicted molar refractivity (Wildman–Crippen MR) is 182 cm³/mol. The summed E-state index contributed by atoms with van der Waals surface area (Å²) in [6.45, 7) is 7.95. The molecule has 4 rings (SSSR count). The van der Waals surface area contributed by atoms with Gasteiger partial charge in [-0.3, -0.25) is 14.4 Å². The summed E-state index contributed by atoms with van der Waals surface area (Å²) in [4.78, 5) is 40.3. The lowest BCUT2D eigenvalue weighted by atomic mass is 9.87. The van der Waals surface area contributed by atoms with Gasteiger partial charge in [-0.15, -0.1) is 0 Å². The molecule has 3 atom stereocenters. The molecule has 1 fully saturated rings. The third-order valence-corrected chi connectivity index (χ3v) is 9.86. The minimum atomic E-state index is -5.34. The molecule has 0 aliphatic heterocycles. The molecule has 1 aliphatic rings. The van der Waals surface area contributed by atoms with Crippen LogP contribution in [-0.4, -0.2) is 46.6 Å². The number of rotatable bonds is 13. The number of aromatic nitrogens is 1. The minimum Gasteiger partial charge on any atom is -0.481 e. The average Bonchev–Trinajstić information content (AvgIpc) is 3.85. The van der Waals surface area contributed by atoms with Crippen molar-refractivity contribution in [2.45, 2.75) is 103 Å². The van der Waals surface area contributed by atoms with Crippen LogP contribution in [0.2, 0.25) is 0 Å². The second-order valence-electron chi connectivity index (χ2n) is 14.5. The highest BCUT2D eigenvalue weighted by atomic mass is 19.4. The van der Waals surface area contributed by atoms with Crippen LogP contribution in [0.25, 0.3) is 11.1 Å². The summed E-state index contributed by atoms with van der Waals surface area (Å²) in [5.41, 5.74) is -4.49. The number of benzene rings is 2. The molecule has 1 aliphatic carbocycles. The van der Waals surface area contributed by atoms with Crippen LogP contribution in [0, 0.1) is 31.4 Å². The number of aliphatic carboxylic acids is 1. The average molecular weight is 758 g/mol. The Kier molecular flexibility index (Phi) is 12.2. The Morgan fingerprint density at radius 3 is 1.94 bits per heavy atom. The molecule has 53 heavy (non-hydrogen) atoms. The Bertz CT molecular complexity index is 1910. The highest BCUT2D eigenvalue weighted by molar-refractivity contribution is 5.79. The van der Waals surface area contributed by atoms with Gasteiger partial charge in [-0.25, -0.2) is 8.78 Å². The molecule has 1 heterocycles. The van der Waals surface area contributed by atoms with E-state index in [4.69, 9.17) is 0 Å². The van der Waals surface area contributed by atoms with E-state index in [1.54, 1.807) is 65.7 Å². The fourth-order valence-corrected chi connectivity index (χ4v) is 6.70. The van der Waals surface area contributed by atoms with Crippen LogP contribution in [0.5, 0.6) is 0 Å². The van der Waals surface area contributed by atoms with Crippen LogP contribution < -0.4 is 10.9 Å². The van der Waals surface area contributed by atoms with E-state index in [1.165, 1.54) is 0 Å². The summed E-state index contributed by atoms with van der Waals surface area (Å²) in [5.74, 6) is -6.75. The summed E-state index contributed by atoms with van der Waals surface area (Å²) in [6.07, 6.45) is -9.41. The zero-order valence-corrected chi connectivity index (χ0v) is 30.4. The molecule has 1 amide bonds. The number of hydrogen-bond acceptors (Lipinski definition) is 4. The highest BCUT2D eigenvalue weighted by Crippen LogP contribution is 2.45. The third kappa shape index (κ3) is 9.46. The maximum Gasteiger partial charge on any atom is 0.419 e. The van der Waals surface area contributed by atoms with E-state index in [0.29, 0.717) is 23.3 Å². The van der Waals surface area contributed by atoms with Crippen molar-refractivity contribution in [2.24, 2.45) is 5.92 Å². The van der Waals surface area contributed by atoms with Gasteiger partial charge in [0.15, 0.2) is 0 Å². The Hall–Kier alpha value is -4.27. The first kappa shape index (κ1) is 41.5. The van der Waals surface area contributed by atoms with Crippen molar-refractivity contribution in [1.82, 2.24) is 14.8 Å². The molecule has 2 N–H and O–H groups in total. The molecular formula is C38H43F8N3O4. The molecule has 290 valence electrons. The standard InChI is InChI=1S/C38H43F8N3O4/c1-18(2)29(49-17-24(12-21(5)48(6)7)26(14-31(49)51)37(41,42)43)16-30(50)47-28(15-32(52)53)34-35(39)25(13-27(36(34)40)38(44,45)46)33-19(3)10-23(11-20(33)4)22-8-9-22/h10-11,13-14,17-18,21-22,28-29H,8-9,12,15-16H2,1-7H3,(H,47,50)(H,52,53). The number of amides is 1. The topological polar surface area (TPSA) is 91.6 Å². The lowest BCUT2D eigenvalue weighted by Gasteiger charge is -2.28. The van der Waals surface area contributed by atoms with Crippen molar-refractivity contribution in [3.8, 4) is 11.1 Å². The maximum atomic E-state index is 16.5. The summed E-state index contributed by atoms with van der Waals surface area (Å²) >= 11 is 0. The van der Waals surface area contributed by atoms with Crippen LogP contribution in [0.3, 0.4) is 0 Å². The molecule has 3 unspecified atom stereocenters. The molecule has 0 saturated heterocycles. The number of hydrogen-bond donors (Lipinski definition) is 2. The largest absolute Gasteiger partial charge is 0.481 e. The Morgan fingerprint density at radius 1 is 0.906 bits per heavy atom. The van der Waals surface area contributed by atoms with Gasteiger partial charge in [0.05, 0.1) is 23.6 Å². The summed E-state index contributed by atoms with van der Waals surface area (Å²) < 4.78 is 118. The highest BCUT2D eigenvalue weighted by Gasteiger charge is 2.41. The molecule has 1 saturated carbocycles. The molecule has 0 bridgehead atoms. The fourth-order valence-electron chi connectivity index (χ4n) is 6.70. The molecular weight excluding hydrogens is 714 g/mol. The van der Waals surface area contributed by atoms with Crippen molar-refractivity contribution < 1.29 is 49.8 Å². The normalized spacial score (nSPS) is 15.5. The number of pyridine rings is 1. The van der Waals surface area contributed by atoms with E-state index in [1.807, 2.05) is 0 Å². The smallest absolute Gasteiger partial charge is 0.419 e. The SMILES string of the molecule is Cc1cc(C2CC2)cc(C)c1-c1cc(C(F)(F)F)c(F)c(C(CC(=O)O)NC(=O)CC(C(C)C)n2cc(CC(C)N(C)C)c(C(F)(F)F)cc2=O)c1F. The van der Waals surface area contributed by atoms with Crippen molar-refractivity contribution >= 4 is 11.9 Å². The molecule has 0 radical (unpaired) electrons. The van der Waals surface area contributed by atoms with Gasteiger partial charge >= 0.3 is 18.3 Å². The van der Waals surface area contributed by atoms with Gasteiger partial charge < -0.3 is 19.9 Å². The number of carboxylic acid groups (broad SMARTS) is 1. The summed E-state index contributed by atoms with van der Waals surface area (Å²) in [7, 11) is 3.32. The molecule has 1 aromatic heterocycles. The van der Waals surface area contributed by atoms with Crippen molar-refractivity contribution in [1.29, 1.82) is 0 Å². The molecule has 2 aromatic carbocycles. The van der Waals surface area contributed by atoms with Gasteiger partial charge in [0.2, 0.25) is 5.91 Å². The molecule has 0 spiro atoms. The van der Waals surface area contributed by atoms with Gasteiger partial charge in [-0.1, -0.05) is 26.0 Å². The van der Waals surface area contributed by atoms with Crippen LogP contribution in [0.15, 0.2) is 35.3 Å². The van der Waals surface area contributed by atoms with Gasteiger partial charge in [-0.2, -0.15) is 26.3 Å². The van der Waals surface area contributed by atoms with E-state index in [9.17, 15) is 45.8 Å². The molecule has 3 aromatic rings. The Labute approximate surface area is 302 Å².